The van der Waals surface area contributed by atoms with E-state index in [0.29, 0.717) is 95.0 Å². The number of benzene rings is 2. The molecule has 1 aliphatic carbocycles. The van der Waals surface area contributed by atoms with Gasteiger partial charge in [-0.15, -0.1) is 0 Å². The number of primary amides is 1. The summed E-state index contributed by atoms with van der Waals surface area (Å²) >= 11 is 0. The molecule has 0 spiro atoms. The Morgan fingerprint density at radius 2 is 1.64 bits per heavy atom. The first-order chi connectivity index (χ1) is 35.5. The zero-order valence-electron chi connectivity index (χ0n) is 41.3. The van der Waals surface area contributed by atoms with Crippen molar-refractivity contribution >= 4 is 80.8 Å². The van der Waals surface area contributed by atoms with Gasteiger partial charge in [0.25, 0.3) is 11.8 Å². The number of urea groups is 1. The first-order valence-electron chi connectivity index (χ1n) is 24.5. The Morgan fingerprint density at radius 1 is 0.919 bits per heavy atom. The molecule has 2 aromatic carbocycles. The average molecular weight is 1020 g/mol. The minimum absolute atomic E-state index is 0.0557. The summed E-state index contributed by atoms with van der Waals surface area (Å²) in [6, 6.07) is 6.65. The van der Waals surface area contributed by atoms with Crippen molar-refractivity contribution in [1.82, 2.24) is 51.1 Å². The molecule has 3 aliphatic rings. The van der Waals surface area contributed by atoms with Gasteiger partial charge in [0.1, 0.15) is 41.8 Å². The number of carbonyl (C=O) groups excluding carboxylic acids is 7. The van der Waals surface area contributed by atoms with Crippen molar-refractivity contribution in [2.24, 2.45) is 23.5 Å². The van der Waals surface area contributed by atoms with E-state index in [0.717, 1.165) is 4.90 Å². The minimum atomic E-state index is -1.06. The molecule has 1 saturated heterocycles. The van der Waals surface area contributed by atoms with Crippen molar-refractivity contribution in [1.29, 1.82) is 0 Å². The molecule has 9 N–H and O–H groups in total. The SMILES string of the molecule is CNc1cc(F)cc2c1[nH]c1nc(Oc3cnc(C)nc3)nc(N3C[C@@H]4C(NC(=O)OCc5ccc(NC(=O)[C@H](CCCNC(N)=O)NC(=O)[C@@H](NC(=O)CCCCCN6C(=O)C=CC6=O)C(C)C)cc5)[C@@H]4C3)c12. The number of aromatic nitrogens is 5. The maximum absolute atomic E-state index is 14.9. The van der Waals surface area contributed by atoms with Gasteiger partial charge in [-0.05, 0) is 68.4 Å². The van der Waals surface area contributed by atoms with Crippen LogP contribution in [0.5, 0.6) is 11.8 Å². The molecule has 8 rings (SSSR count). The first kappa shape index (κ1) is 51.9. The van der Waals surface area contributed by atoms with Crippen LogP contribution in [0.4, 0.5) is 31.2 Å². The summed E-state index contributed by atoms with van der Waals surface area (Å²) in [4.78, 5) is 112. The molecule has 1 saturated carbocycles. The molecule has 5 aromatic rings. The van der Waals surface area contributed by atoms with E-state index in [1.807, 2.05) is 0 Å². The van der Waals surface area contributed by atoms with E-state index in [-0.39, 0.29) is 80.1 Å². The maximum Gasteiger partial charge on any atom is 0.407 e. The Balaban J connectivity index is 0.821. The maximum atomic E-state index is 14.9. The second kappa shape index (κ2) is 23.0. The number of alkyl carbamates (subject to hydrolysis) is 1. The number of aryl methyl sites for hydroxylation is 1. The van der Waals surface area contributed by atoms with E-state index in [9.17, 15) is 38.0 Å². The molecule has 2 fully saturated rings. The molecule has 8 amide bonds. The first-order valence-corrected chi connectivity index (χ1v) is 24.5. The summed E-state index contributed by atoms with van der Waals surface area (Å²) in [5, 5.41) is 18.1. The monoisotopic (exact) mass is 1020 g/mol. The van der Waals surface area contributed by atoms with Gasteiger partial charge in [-0.3, -0.25) is 28.9 Å². The van der Waals surface area contributed by atoms with Crippen LogP contribution in [0, 0.1) is 30.5 Å². The summed E-state index contributed by atoms with van der Waals surface area (Å²) in [5.74, 6) is -1.29. The fourth-order valence-corrected chi connectivity index (χ4v) is 9.20. The zero-order valence-corrected chi connectivity index (χ0v) is 41.3. The van der Waals surface area contributed by atoms with Crippen molar-refractivity contribution in [2.75, 3.05) is 48.8 Å². The number of hydrogen-bond donors (Lipinski definition) is 8. The quantitative estimate of drug-likeness (QED) is 0.0338. The molecular weight excluding hydrogens is 960 g/mol. The van der Waals surface area contributed by atoms with Crippen LogP contribution in [0.2, 0.25) is 0 Å². The van der Waals surface area contributed by atoms with Crippen LogP contribution in [-0.2, 0) is 35.3 Å². The number of rotatable bonds is 23. The average Bonchev–Trinajstić information content (AvgIpc) is 3.67. The van der Waals surface area contributed by atoms with Gasteiger partial charge in [0.2, 0.25) is 17.7 Å². The number of nitrogens with zero attached hydrogens (tertiary/aromatic N) is 6. The number of anilines is 3. The second-order valence-electron chi connectivity index (χ2n) is 18.8. The predicted octanol–water partition coefficient (Wildman–Crippen LogP) is 4.04. The fraction of sp³-hybridized carbons (Fsp3) is 0.420. The molecule has 5 atom stereocenters. The third kappa shape index (κ3) is 12.6. The summed E-state index contributed by atoms with van der Waals surface area (Å²) in [6.07, 6.45) is 7.02. The molecule has 23 nitrogen and oxygen atoms in total. The lowest BCUT2D eigenvalue weighted by atomic mass is 10.0. The van der Waals surface area contributed by atoms with Crippen molar-refractivity contribution in [2.45, 2.75) is 84.0 Å². The summed E-state index contributed by atoms with van der Waals surface area (Å²) in [5.41, 5.74) is 7.93. The number of piperidine rings is 1. The van der Waals surface area contributed by atoms with Crippen LogP contribution >= 0.6 is 0 Å². The van der Waals surface area contributed by atoms with E-state index in [1.54, 1.807) is 52.1 Å². The number of nitrogens with one attached hydrogen (secondary N) is 7. The Hall–Kier alpha value is -8.44. The third-order valence-corrected chi connectivity index (χ3v) is 13.1. The Labute approximate surface area is 424 Å². The molecule has 390 valence electrons. The number of imide groups is 1. The highest BCUT2D eigenvalue weighted by Crippen LogP contribution is 2.48. The number of carbonyl (C=O) groups is 7. The number of nitrogens with two attached hydrogens (primary N) is 1. The third-order valence-electron chi connectivity index (χ3n) is 13.1. The number of unbranched alkanes of at least 4 members (excludes halogenated alkanes) is 2. The van der Waals surface area contributed by atoms with E-state index in [1.165, 1.54) is 36.7 Å². The summed E-state index contributed by atoms with van der Waals surface area (Å²) < 4.78 is 26.4. The van der Waals surface area contributed by atoms with Gasteiger partial charge in [-0.1, -0.05) is 32.4 Å². The zero-order chi connectivity index (χ0) is 52.6. The van der Waals surface area contributed by atoms with Gasteiger partial charge in [-0.25, -0.2) is 23.9 Å². The Kier molecular flexibility index (Phi) is 16.1. The van der Waals surface area contributed by atoms with Crippen LogP contribution in [0.3, 0.4) is 0 Å². The molecular formula is C50H59FN14O9. The molecule has 0 bridgehead atoms. The standard InChI is InChI=1S/C50H59FN14O9/c1-26(2)41(59-37(66)10-6-5-7-18-65-38(67)15-16-39(65)68)47(70)58-35(9-8-17-54-48(52)71)46(69)57-30-13-11-28(12-14-30)25-73-50(72)61-42-33-23-64(24-34(33)42)45-40-32-19-29(51)20-36(53-4)43(32)60-44(40)62-49(63-45)74-31-21-55-27(3)56-22-31/h11-16,19-22,26,33-35,41-42,53H,5-10,17-18,23-25H2,1-4H3,(H,57,69)(H,58,70)(H,59,66)(H,61,72)(H3,52,54,71)(H,60,62,63)/t33-,34+,35-,41-,42?/m0/s1. The number of hydrogen-bond acceptors (Lipinski definition) is 15. The van der Waals surface area contributed by atoms with Gasteiger partial charge in [0.05, 0.1) is 29.0 Å². The number of aromatic amines is 1. The molecule has 0 radical (unpaired) electrons. The molecule has 74 heavy (non-hydrogen) atoms. The summed E-state index contributed by atoms with van der Waals surface area (Å²) in [6.45, 7) is 6.73. The molecule has 2 aliphatic heterocycles. The van der Waals surface area contributed by atoms with Crippen LogP contribution in [0.15, 0.2) is 60.9 Å². The van der Waals surface area contributed by atoms with Crippen molar-refractivity contribution < 1.29 is 47.4 Å². The number of halogens is 1. The number of amides is 8. The van der Waals surface area contributed by atoms with Gasteiger partial charge >= 0.3 is 18.1 Å². The number of H-pyrrole nitrogens is 1. The lowest BCUT2D eigenvalue weighted by molar-refractivity contribution is -0.137. The summed E-state index contributed by atoms with van der Waals surface area (Å²) in [7, 11) is 1.71. The van der Waals surface area contributed by atoms with Crippen LogP contribution in [0.1, 0.15) is 63.8 Å². The highest BCUT2D eigenvalue weighted by molar-refractivity contribution is 6.15. The van der Waals surface area contributed by atoms with Crippen molar-refractivity contribution in [3.63, 3.8) is 0 Å². The lowest BCUT2D eigenvalue weighted by Gasteiger charge is -2.25. The molecule has 24 heteroatoms. The Bertz CT molecular complexity index is 2940. The molecule has 1 unspecified atom stereocenters. The van der Waals surface area contributed by atoms with Gasteiger partial charge in [0.15, 0.2) is 5.75 Å². The normalized spacial score (nSPS) is 17.5. The van der Waals surface area contributed by atoms with Crippen LogP contribution in [0.25, 0.3) is 21.9 Å². The topological polar surface area (TPSA) is 310 Å². The van der Waals surface area contributed by atoms with Crippen LogP contribution in [-0.4, -0.2) is 123 Å². The van der Waals surface area contributed by atoms with Crippen molar-refractivity contribution in [3.8, 4) is 11.8 Å². The van der Waals surface area contributed by atoms with Crippen LogP contribution < -0.4 is 47.3 Å². The van der Waals surface area contributed by atoms with E-state index in [2.05, 4.69) is 56.7 Å². The van der Waals surface area contributed by atoms with E-state index < -0.39 is 41.8 Å². The highest BCUT2D eigenvalue weighted by atomic mass is 19.1. The fourth-order valence-electron chi connectivity index (χ4n) is 9.20. The van der Waals surface area contributed by atoms with E-state index >= 15 is 0 Å². The lowest BCUT2D eigenvalue weighted by Crippen LogP contribution is -2.54. The molecule has 5 heterocycles. The van der Waals surface area contributed by atoms with E-state index in [4.69, 9.17) is 20.2 Å². The number of fused-ring (bicyclic) bond motifs is 4. The predicted molar refractivity (Wildman–Crippen MR) is 269 cm³/mol. The smallest absolute Gasteiger partial charge is 0.407 e. The second-order valence-corrected chi connectivity index (χ2v) is 18.8. The number of ether oxygens (including phenoxy) is 2. The molecule has 3 aromatic heterocycles. The van der Waals surface area contributed by atoms with Gasteiger partial charge in [-0.2, -0.15) is 9.97 Å². The van der Waals surface area contributed by atoms with Crippen molar-refractivity contribution in [3.05, 3.63) is 78.1 Å². The Morgan fingerprint density at radius 3 is 2.31 bits per heavy atom. The van der Waals surface area contributed by atoms with Gasteiger partial charge in [0, 0.05) is 80.8 Å². The minimum Gasteiger partial charge on any atom is -0.445 e. The largest absolute Gasteiger partial charge is 0.445 e. The highest BCUT2D eigenvalue weighted by Gasteiger charge is 2.57. The van der Waals surface area contributed by atoms with Gasteiger partial charge < -0.3 is 57.0 Å².